The van der Waals surface area contributed by atoms with Gasteiger partial charge in [0.15, 0.2) is 11.4 Å². The van der Waals surface area contributed by atoms with Crippen molar-refractivity contribution in [3.63, 3.8) is 0 Å². The Balaban J connectivity index is 1.68. The molecular weight excluding hydrogens is 336 g/mol. The van der Waals surface area contributed by atoms with Crippen molar-refractivity contribution in [1.82, 2.24) is 14.8 Å². The highest BCUT2D eigenvalue weighted by Gasteiger charge is 2.39. The summed E-state index contributed by atoms with van der Waals surface area (Å²) in [6.07, 6.45) is 7.14. The van der Waals surface area contributed by atoms with Gasteiger partial charge in [0.25, 0.3) is 0 Å². The largest absolute Gasteiger partial charge is 0.326 e. The summed E-state index contributed by atoms with van der Waals surface area (Å²) in [6.45, 7) is 4.13. The van der Waals surface area contributed by atoms with Gasteiger partial charge in [-0.15, -0.1) is 0 Å². The van der Waals surface area contributed by atoms with Crippen LogP contribution in [0.5, 0.6) is 0 Å². The molecule has 1 aliphatic rings. The zero-order chi connectivity index (χ0) is 18.5. The Kier molecular flexibility index (Phi) is 3.31. The number of rotatable bonds is 2. The van der Waals surface area contributed by atoms with Crippen LogP contribution >= 0.6 is 0 Å². The summed E-state index contributed by atoms with van der Waals surface area (Å²) in [5.41, 5.74) is 6.52. The van der Waals surface area contributed by atoms with Gasteiger partial charge >= 0.3 is 5.82 Å². The number of benzene rings is 1. The number of fused-ring (bicyclic) bond motifs is 3. The lowest BCUT2D eigenvalue weighted by Gasteiger charge is -2.06. The van der Waals surface area contributed by atoms with E-state index in [1.54, 1.807) is 18.6 Å². The van der Waals surface area contributed by atoms with Crippen LogP contribution in [-0.2, 0) is 0 Å². The van der Waals surface area contributed by atoms with E-state index in [-0.39, 0.29) is 5.78 Å². The molecule has 130 valence electrons. The van der Waals surface area contributed by atoms with Gasteiger partial charge in [0.05, 0.1) is 12.4 Å². The number of carbonyl (C=O) groups excluding carboxylic acids is 1. The molecule has 5 rings (SSSR count). The summed E-state index contributed by atoms with van der Waals surface area (Å²) in [4.78, 5) is 17.1. The molecule has 0 fully saturated rings. The first-order valence-corrected chi connectivity index (χ1v) is 8.80. The fourth-order valence-electron chi connectivity index (χ4n) is 3.66. The topological polar surface area (TPSA) is 51.7 Å². The number of pyridine rings is 2. The molecule has 1 aromatic carbocycles. The standard InChI is InChI=1S/C22H17N4O/c1-14-5-6-19(15(2)10-14)26-22-18(13-24-26)21(27)20-11-16(7-9-25(20)22)17-4-3-8-23-12-17/h3-13H,1-2H3/q+1. The third-order valence-electron chi connectivity index (χ3n) is 4.98. The number of hydrogen-bond donors (Lipinski definition) is 0. The molecule has 5 nitrogen and oxygen atoms in total. The van der Waals surface area contributed by atoms with E-state index in [1.807, 2.05) is 45.8 Å². The van der Waals surface area contributed by atoms with Gasteiger partial charge in [0.1, 0.15) is 5.56 Å². The van der Waals surface area contributed by atoms with Gasteiger partial charge in [-0.2, -0.15) is 4.57 Å². The first kappa shape index (κ1) is 15.6. The Morgan fingerprint density at radius 2 is 1.89 bits per heavy atom. The van der Waals surface area contributed by atoms with Gasteiger partial charge in [0, 0.05) is 18.0 Å². The van der Waals surface area contributed by atoms with Crippen LogP contribution in [0.3, 0.4) is 0 Å². The van der Waals surface area contributed by atoms with Crippen LogP contribution in [-0.4, -0.2) is 20.5 Å². The number of hydrogen-bond acceptors (Lipinski definition) is 3. The van der Waals surface area contributed by atoms with Crippen molar-refractivity contribution < 1.29 is 9.36 Å². The molecule has 0 amide bonds. The van der Waals surface area contributed by atoms with Crippen LogP contribution in [0.4, 0.5) is 0 Å². The molecule has 4 aromatic rings. The van der Waals surface area contributed by atoms with Gasteiger partial charge < -0.3 is 0 Å². The molecule has 0 N–H and O–H groups in total. The molecule has 27 heavy (non-hydrogen) atoms. The third-order valence-corrected chi connectivity index (χ3v) is 4.98. The van der Waals surface area contributed by atoms with Crippen LogP contribution in [0, 0.1) is 13.8 Å². The van der Waals surface area contributed by atoms with E-state index in [2.05, 4.69) is 36.1 Å². The molecule has 0 radical (unpaired) electrons. The van der Waals surface area contributed by atoms with Gasteiger partial charge in [-0.05, 0) is 49.2 Å². The normalized spacial score (nSPS) is 12.1. The molecule has 0 bridgehead atoms. The fourth-order valence-corrected chi connectivity index (χ4v) is 3.66. The molecule has 0 aliphatic carbocycles. The van der Waals surface area contributed by atoms with E-state index >= 15 is 0 Å². The van der Waals surface area contributed by atoms with Crippen molar-refractivity contribution in [3.8, 4) is 22.6 Å². The first-order chi connectivity index (χ1) is 13.1. The van der Waals surface area contributed by atoms with E-state index < -0.39 is 0 Å². The first-order valence-electron chi connectivity index (χ1n) is 8.80. The maximum Gasteiger partial charge on any atom is 0.326 e. The predicted molar refractivity (Wildman–Crippen MR) is 101 cm³/mol. The number of aromatic nitrogens is 4. The molecule has 0 unspecified atom stereocenters. The average molecular weight is 353 g/mol. The lowest BCUT2D eigenvalue weighted by molar-refractivity contribution is -0.599. The minimum atomic E-state index is -0.00763. The number of ketones is 1. The summed E-state index contributed by atoms with van der Waals surface area (Å²) < 4.78 is 3.77. The van der Waals surface area contributed by atoms with Crippen LogP contribution in [0.15, 0.2) is 67.3 Å². The SMILES string of the molecule is Cc1ccc(-n2ncc3c2-[n+]2ccc(-c4cccnc4)cc2C3=O)c(C)c1. The Morgan fingerprint density at radius 1 is 1.00 bits per heavy atom. The second-order valence-corrected chi connectivity index (χ2v) is 6.83. The highest BCUT2D eigenvalue weighted by Crippen LogP contribution is 2.27. The molecule has 5 heteroatoms. The van der Waals surface area contributed by atoms with E-state index in [0.717, 1.165) is 28.2 Å². The Morgan fingerprint density at radius 3 is 2.67 bits per heavy atom. The van der Waals surface area contributed by atoms with Crippen LogP contribution in [0.1, 0.15) is 27.2 Å². The van der Waals surface area contributed by atoms with E-state index in [0.29, 0.717) is 11.3 Å². The lowest BCUT2D eigenvalue weighted by atomic mass is 10.1. The maximum atomic E-state index is 13.0. The maximum absolute atomic E-state index is 13.0. The molecule has 0 saturated carbocycles. The summed E-state index contributed by atoms with van der Waals surface area (Å²) in [5, 5.41) is 4.49. The van der Waals surface area contributed by atoms with Crippen LogP contribution in [0.25, 0.3) is 22.6 Å². The Hall–Kier alpha value is -3.60. The second kappa shape index (κ2) is 5.71. The minimum Gasteiger partial charge on any atom is -0.284 e. The van der Waals surface area contributed by atoms with E-state index in [1.165, 1.54) is 5.56 Å². The molecule has 0 spiro atoms. The number of nitrogens with zero attached hydrogens (tertiary/aromatic N) is 4. The monoisotopic (exact) mass is 353 g/mol. The van der Waals surface area contributed by atoms with Gasteiger partial charge in [0.2, 0.25) is 5.78 Å². The predicted octanol–water partition coefficient (Wildman–Crippen LogP) is 3.37. The highest BCUT2D eigenvalue weighted by molar-refractivity contribution is 6.10. The third kappa shape index (κ3) is 2.32. The van der Waals surface area contributed by atoms with Crippen molar-refractivity contribution in [2.45, 2.75) is 13.8 Å². The lowest BCUT2D eigenvalue weighted by Crippen LogP contribution is -2.35. The molecule has 1 aliphatic heterocycles. The van der Waals surface area contributed by atoms with Gasteiger partial charge in [-0.3, -0.25) is 9.78 Å². The van der Waals surface area contributed by atoms with Crippen LogP contribution in [0.2, 0.25) is 0 Å². The van der Waals surface area contributed by atoms with Gasteiger partial charge in [-0.25, -0.2) is 0 Å². The molecule has 4 heterocycles. The summed E-state index contributed by atoms with van der Waals surface area (Å²) in [6, 6.07) is 14.0. The summed E-state index contributed by atoms with van der Waals surface area (Å²) in [7, 11) is 0. The molecular formula is C22H17N4O+. The van der Waals surface area contributed by atoms with Crippen molar-refractivity contribution in [2.24, 2.45) is 0 Å². The van der Waals surface area contributed by atoms with Crippen molar-refractivity contribution >= 4 is 5.78 Å². The van der Waals surface area contributed by atoms with Gasteiger partial charge in [-0.1, -0.05) is 33.5 Å². The second-order valence-electron chi connectivity index (χ2n) is 6.83. The summed E-state index contributed by atoms with van der Waals surface area (Å²) >= 11 is 0. The summed E-state index contributed by atoms with van der Waals surface area (Å²) in [5.74, 6) is 0.784. The minimum absolute atomic E-state index is 0.00763. The average Bonchev–Trinajstić information content (AvgIpc) is 3.22. The van der Waals surface area contributed by atoms with Crippen molar-refractivity contribution in [1.29, 1.82) is 0 Å². The van der Waals surface area contributed by atoms with Crippen molar-refractivity contribution in [2.75, 3.05) is 0 Å². The molecule has 0 atom stereocenters. The molecule has 0 saturated heterocycles. The van der Waals surface area contributed by atoms with E-state index in [4.69, 9.17) is 0 Å². The quantitative estimate of drug-likeness (QED) is 0.457. The van der Waals surface area contributed by atoms with Crippen LogP contribution < -0.4 is 4.57 Å². The Bertz CT molecular complexity index is 1210. The van der Waals surface area contributed by atoms with Crippen molar-refractivity contribution in [3.05, 3.63) is 89.6 Å². The zero-order valence-electron chi connectivity index (χ0n) is 15.0. The number of aryl methyl sites for hydroxylation is 2. The smallest absolute Gasteiger partial charge is 0.284 e. The number of carbonyl (C=O) groups is 1. The highest BCUT2D eigenvalue weighted by atomic mass is 16.1. The Labute approximate surface area is 156 Å². The zero-order valence-corrected chi connectivity index (χ0v) is 15.0. The molecule has 3 aromatic heterocycles. The fraction of sp³-hybridized carbons (Fsp3) is 0.0909. The van der Waals surface area contributed by atoms with E-state index in [9.17, 15) is 4.79 Å².